The highest BCUT2D eigenvalue weighted by Gasteiger charge is 2.22. The van der Waals surface area contributed by atoms with Crippen molar-refractivity contribution >= 4 is 33.8 Å². The lowest BCUT2D eigenvalue weighted by molar-refractivity contribution is 0.0717. The second-order valence-corrected chi connectivity index (χ2v) is 8.60. The van der Waals surface area contributed by atoms with E-state index in [0.29, 0.717) is 17.1 Å². The van der Waals surface area contributed by atoms with Crippen LogP contribution in [0.15, 0.2) is 60.1 Å². The van der Waals surface area contributed by atoms with Crippen molar-refractivity contribution in [2.24, 2.45) is 0 Å². The third-order valence-electron chi connectivity index (χ3n) is 5.61. The molecule has 0 unspecified atom stereocenters. The predicted molar refractivity (Wildman–Crippen MR) is 123 cm³/mol. The lowest BCUT2D eigenvalue weighted by Gasteiger charge is -2.26. The van der Waals surface area contributed by atoms with Crippen LogP contribution >= 0.6 is 11.3 Å². The largest absolute Gasteiger partial charge is 0.337 e. The average Bonchev–Trinajstić information content (AvgIpc) is 3.41. The first-order chi connectivity index (χ1) is 15.6. The molecule has 0 atom stereocenters. The number of halogens is 1. The fourth-order valence-corrected chi connectivity index (χ4v) is 4.78. The van der Waals surface area contributed by atoms with E-state index in [4.69, 9.17) is 0 Å². The molecule has 1 N–H and O–H groups in total. The zero-order valence-electron chi connectivity index (χ0n) is 17.3. The van der Waals surface area contributed by atoms with Gasteiger partial charge in [-0.25, -0.2) is 9.37 Å². The summed E-state index contributed by atoms with van der Waals surface area (Å²) >= 11 is 1.43. The number of nitrogens with zero attached hydrogens (tertiary/aromatic N) is 3. The van der Waals surface area contributed by atoms with Crippen molar-refractivity contribution < 1.29 is 14.0 Å². The summed E-state index contributed by atoms with van der Waals surface area (Å²) in [6.07, 6.45) is 5.10. The molecule has 1 aliphatic heterocycles. The quantitative estimate of drug-likeness (QED) is 0.473. The molecule has 2 amide bonds. The van der Waals surface area contributed by atoms with Gasteiger partial charge in [0.25, 0.3) is 11.8 Å². The minimum atomic E-state index is -0.568. The number of anilines is 1. The fraction of sp³-hybridized carbons (Fsp3) is 0.208. The van der Waals surface area contributed by atoms with Crippen molar-refractivity contribution in [3.63, 3.8) is 0 Å². The van der Waals surface area contributed by atoms with Gasteiger partial charge in [0.15, 0.2) is 4.96 Å². The van der Waals surface area contributed by atoms with E-state index >= 15 is 0 Å². The van der Waals surface area contributed by atoms with E-state index in [9.17, 15) is 14.0 Å². The number of benzene rings is 2. The van der Waals surface area contributed by atoms with Crippen molar-refractivity contribution in [2.45, 2.75) is 19.3 Å². The highest BCUT2D eigenvalue weighted by atomic mass is 32.1. The second-order valence-electron chi connectivity index (χ2n) is 7.77. The Morgan fingerprint density at radius 1 is 1.03 bits per heavy atom. The van der Waals surface area contributed by atoms with Crippen LogP contribution in [0, 0.1) is 5.82 Å². The minimum Gasteiger partial charge on any atom is -0.337 e. The van der Waals surface area contributed by atoms with Gasteiger partial charge in [-0.3, -0.25) is 14.0 Å². The molecule has 32 heavy (non-hydrogen) atoms. The third-order valence-corrected chi connectivity index (χ3v) is 6.45. The predicted octanol–water partition coefficient (Wildman–Crippen LogP) is 5.08. The zero-order chi connectivity index (χ0) is 22.1. The van der Waals surface area contributed by atoms with Crippen LogP contribution in [0.2, 0.25) is 0 Å². The number of aromatic nitrogens is 2. The van der Waals surface area contributed by atoms with Gasteiger partial charge in [-0.05, 0) is 43.5 Å². The first-order valence-electron chi connectivity index (χ1n) is 10.5. The molecule has 0 saturated carbocycles. The Labute approximate surface area is 188 Å². The van der Waals surface area contributed by atoms with Gasteiger partial charge in [-0.15, -0.1) is 11.3 Å². The van der Waals surface area contributed by atoms with Crippen molar-refractivity contribution in [3.05, 3.63) is 77.2 Å². The Bertz CT molecular complexity index is 1310. The number of carbonyl (C=O) groups is 2. The van der Waals surface area contributed by atoms with Gasteiger partial charge >= 0.3 is 0 Å². The number of imidazole rings is 1. The Hall–Kier alpha value is -3.52. The Balaban J connectivity index is 1.40. The van der Waals surface area contributed by atoms with Crippen LogP contribution in [0.4, 0.5) is 10.1 Å². The Morgan fingerprint density at radius 2 is 1.84 bits per heavy atom. The van der Waals surface area contributed by atoms with Crippen molar-refractivity contribution in [3.8, 4) is 11.3 Å². The topological polar surface area (TPSA) is 66.7 Å². The SMILES string of the molecule is O=C(Nc1cccc(-c2cn3c(C(=O)N4CCCCC4)csc3n2)c1)c1ccccc1F. The number of hydrogen-bond donors (Lipinski definition) is 1. The molecule has 1 aliphatic rings. The molecule has 0 spiro atoms. The van der Waals surface area contributed by atoms with Gasteiger partial charge in [0.05, 0.1) is 11.3 Å². The molecule has 162 valence electrons. The van der Waals surface area contributed by atoms with Gasteiger partial charge in [0.2, 0.25) is 0 Å². The maximum atomic E-state index is 13.9. The molecule has 8 heteroatoms. The molecule has 2 aromatic carbocycles. The van der Waals surface area contributed by atoms with Crippen LogP contribution in [0.25, 0.3) is 16.2 Å². The number of amides is 2. The van der Waals surface area contributed by atoms with E-state index in [2.05, 4.69) is 10.3 Å². The van der Waals surface area contributed by atoms with Crippen LogP contribution in [-0.4, -0.2) is 39.2 Å². The minimum absolute atomic E-state index is 0.0127. The van der Waals surface area contributed by atoms with Gasteiger partial charge in [-0.2, -0.15) is 0 Å². The molecular formula is C24H21FN4O2S. The van der Waals surface area contributed by atoms with Gasteiger partial charge in [0, 0.05) is 35.9 Å². The third kappa shape index (κ3) is 3.89. The molecule has 5 rings (SSSR count). The normalized spacial score (nSPS) is 14.0. The number of piperidine rings is 1. The molecule has 4 aromatic rings. The number of carbonyl (C=O) groups excluding carboxylic acids is 2. The van der Waals surface area contributed by atoms with Crippen LogP contribution in [0.5, 0.6) is 0 Å². The van der Waals surface area contributed by atoms with Crippen molar-refractivity contribution in [2.75, 3.05) is 18.4 Å². The molecular weight excluding hydrogens is 427 g/mol. The van der Waals surface area contributed by atoms with Gasteiger partial charge < -0.3 is 10.2 Å². The lowest BCUT2D eigenvalue weighted by Crippen LogP contribution is -2.36. The second kappa shape index (κ2) is 8.55. The van der Waals surface area contributed by atoms with Crippen LogP contribution in [0.3, 0.4) is 0 Å². The van der Waals surface area contributed by atoms with Gasteiger partial charge in [0.1, 0.15) is 11.5 Å². The summed E-state index contributed by atoms with van der Waals surface area (Å²) in [5, 5.41) is 4.59. The number of fused-ring (bicyclic) bond motifs is 1. The van der Waals surface area contributed by atoms with Crippen molar-refractivity contribution in [1.29, 1.82) is 0 Å². The summed E-state index contributed by atoms with van der Waals surface area (Å²) in [6, 6.07) is 13.1. The fourth-order valence-electron chi connectivity index (χ4n) is 3.94. The average molecular weight is 449 g/mol. The van der Waals surface area contributed by atoms with Crippen LogP contribution in [0.1, 0.15) is 40.1 Å². The van der Waals surface area contributed by atoms with Crippen LogP contribution in [-0.2, 0) is 0 Å². The van der Waals surface area contributed by atoms with Gasteiger partial charge in [-0.1, -0.05) is 24.3 Å². The molecule has 1 fully saturated rings. The molecule has 0 aliphatic carbocycles. The standard InChI is InChI=1S/C24H21FN4O2S/c25-19-10-3-2-9-18(19)22(30)26-17-8-6-7-16(13-17)20-14-29-21(15-32-24(29)27-20)23(31)28-11-4-1-5-12-28/h2-3,6-10,13-15H,1,4-5,11-12H2,(H,26,30). The molecule has 3 heterocycles. The summed E-state index contributed by atoms with van der Waals surface area (Å²) in [5.74, 6) is -1.05. The van der Waals surface area contributed by atoms with Crippen molar-refractivity contribution in [1.82, 2.24) is 14.3 Å². The Kier molecular flexibility index (Phi) is 5.45. The number of hydrogen-bond acceptors (Lipinski definition) is 4. The van der Waals surface area contributed by atoms with E-state index < -0.39 is 11.7 Å². The summed E-state index contributed by atoms with van der Waals surface area (Å²) in [5.41, 5.74) is 2.64. The van der Waals surface area contributed by atoms with E-state index in [-0.39, 0.29) is 11.5 Å². The number of thiazole rings is 1. The molecule has 2 aromatic heterocycles. The van der Waals surface area contributed by atoms with E-state index in [1.54, 1.807) is 30.3 Å². The number of nitrogens with one attached hydrogen (secondary N) is 1. The maximum absolute atomic E-state index is 13.9. The summed E-state index contributed by atoms with van der Waals surface area (Å²) in [6.45, 7) is 1.59. The van der Waals surface area contributed by atoms with E-state index in [1.807, 2.05) is 26.9 Å². The monoisotopic (exact) mass is 448 g/mol. The number of likely N-dealkylation sites (tertiary alicyclic amines) is 1. The zero-order valence-corrected chi connectivity index (χ0v) is 18.1. The molecule has 6 nitrogen and oxygen atoms in total. The Morgan fingerprint density at radius 3 is 2.66 bits per heavy atom. The summed E-state index contributed by atoms with van der Waals surface area (Å²) < 4.78 is 15.7. The van der Waals surface area contributed by atoms with E-state index in [1.165, 1.54) is 29.9 Å². The first-order valence-corrected chi connectivity index (χ1v) is 11.4. The highest BCUT2D eigenvalue weighted by molar-refractivity contribution is 7.15. The number of rotatable bonds is 4. The first kappa shape index (κ1) is 20.4. The summed E-state index contributed by atoms with van der Waals surface area (Å²) in [7, 11) is 0. The molecule has 0 radical (unpaired) electrons. The lowest BCUT2D eigenvalue weighted by atomic mass is 10.1. The smallest absolute Gasteiger partial charge is 0.271 e. The van der Waals surface area contributed by atoms with E-state index in [0.717, 1.165) is 36.5 Å². The highest BCUT2D eigenvalue weighted by Crippen LogP contribution is 2.27. The maximum Gasteiger partial charge on any atom is 0.271 e. The van der Waals surface area contributed by atoms with Crippen LogP contribution < -0.4 is 5.32 Å². The summed E-state index contributed by atoms with van der Waals surface area (Å²) in [4.78, 5) is 32.7. The molecule has 0 bridgehead atoms. The molecule has 1 saturated heterocycles.